The Bertz CT molecular complexity index is 499. The third-order valence-corrected chi connectivity index (χ3v) is 4.89. The lowest BCUT2D eigenvalue weighted by Gasteiger charge is -2.37. The van der Waals surface area contributed by atoms with Gasteiger partial charge in [0.2, 0.25) is 5.91 Å². The molecule has 7 nitrogen and oxygen atoms in total. The van der Waals surface area contributed by atoms with Crippen molar-refractivity contribution in [2.45, 2.75) is 26.3 Å². The van der Waals surface area contributed by atoms with Gasteiger partial charge in [-0.2, -0.15) is 0 Å². The number of hydrogen-bond acceptors (Lipinski definition) is 5. The van der Waals surface area contributed by atoms with E-state index in [0.717, 1.165) is 24.6 Å². The second kappa shape index (κ2) is 7.44. The van der Waals surface area contributed by atoms with E-state index >= 15 is 0 Å². The van der Waals surface area contributed by atoms with Gasteiger partial charge in [-0.3, -0.25) is 4.79 Å². The van der Waals surface area contributed by atoms with E-state index in [1.807, 2.05) is 19.2 Å². The molecular weight excluding hydrogens is 302 g/mol. The molecule has 0 bridgehead atoms. The summed E-state index contributed by atoms with van der Waals surface area (Å²) < 4.78 is 0. The lowest BCUT2D eigenvalue weighted by molar-refractivity contribution is -0.134. The largest absolute Gasteiger partial charge is 0.352 e. The van der Waals surface area contributed by atoms with Crippen LogP contribution in [0.5, 0.6) is 0 Å². The fraction of sp³-hybridized carbons (Fsp3) is 0.643. The molecular formula is C14H23N5O2S. The summed E-state index contributed by atoms with van der Waals surface area (Å²) in [6, 6.07) is -1.20. The standard InChI is InChI=1S/C14H23N5O2S/c1-3-10(2)11(17-13(15)21)12(20)18-5-7-19(8-6-18)14-16-4-9-22-14/h4,9-11H,3,5-8H2,1-2H3,(H3,15,17,21). The van der Waals surface area contributed by atoms with Crippen LogP contribution in [0.2, 0.25) is 0 Å². The van der Waals surface area contributed by atoms with Gasteiger partial charge >= 0.3 is 6.03 Å². The third kappa shape index (κ3) is 3.88. The van der Waals surface area contributed by atoms with Crippen molar-refractivity contribution in [2.24, 2.45) is 11.7 Å². The van der Waals surface area contributed by atoms with Gasteiger partial charge in [-0.15, -0.1) is 11.3 Å². The van der Waals surface area contributed by atoms with Gasteiger partial charge in [-0.1, -0.05) is 20.3 Å². The van der Waals surface area contributed by atoms with Crippen LogP contribution in [-0.4, -0.2) is 54.0 Å². The highest BCUT2D eigenvalue weighted by atomic mass is 32.1. The van der Waals surface area contributed by atoms with Crippen molar-refractivity contribution >= 4 is 28.4 Å². The number of carbonyl (C=O) groups excluding carboxylic acids is 2. The van der Waals surface area contributed by atoms with Crippen molar-refractivity contribution in [1.82, 2.24) is 15.2 Å². The average Bonchev–Trinajstić information content (AvgIpc) is 3.05. The van der Waals surface area contributed by atoms with Crippen molar-refractivity contribution in [3.63, 3.8) is 0 Å². The quantitative estimate of drug-likeness (QED) is 0.840. The number of nitrogens with two attached hydrogens (primary N) is 1. The van der Waals surface area contributed by atoms with Gasteiger partial charge in [0.25, 0.3) is 0 Å². The minimum atomic E-state index is -0.653. The van der Waals surface area contributed by atoms with Gasteiger partial charge in [0.15, 0.2) is 5.13 Å². The van der Waals surface area contributed by atoms with Crippen molar-refractivity contribution < 1.29 is 9.59 Å². The van der Waals surface area contributed by atoms with Crippen LogP contribution in [0.25, 0.3) is 0 Å². The van der Waals surface area contributed by atoms with Crippen molar-refractivity contribution in [3.8, 4) is 0 Å². The van der Waals surface area contributed by atoms with E-state index in [1.54, 1.807) is 22.4 Å². The molecule has 0 radical (unpaired) electrons. The van der Waals surface area contributed by atoms with Crippen molar-refractivity contribution in [2.75, 3.05) is 31.1 Å². The number of amides is 3. The summed E-state index contributed by atoms with van der Waals surface area (Å²) in [5, 5.41) is 5.52. The second-order valence-electron chi connectivity index (χ2n) is 5.50. The molecule has 1 fully saturated rings. The number of urea groups is 1. The third-order valence-electron chi connectivity index (χ3n) is 4.06. The van der Waals surface area contributed by atoms with Crippen LogP contribution in [-0.2, 0) is 4.79 Å². The Morgan fingerprint density at radius 2 is 2.09 bits per heavy atom. The molecule has 1 aliphatic rings. The van der Waals surface area contributed by atoms with Gasteiger partial charge in [0, 0.05) is 37.8 Å². The summed E-state index contributed by atoms with van der Waals surface area (Å²) in [6.07, 6.45) is 2.59. The van der Waals surface area contributed by atoms with E-state index in [0.29, 0.717) is 13.1 Å². The molecule has 1 saturated heterocycles. The Hall–Kier alpha value is -1.83. The van der Waals surface area contributed by atoms with E-state index in [-0.39, 0.29) is 11.8 Å². The van der Waals surface area contributed by atoms with E-state index in [9.17, 15) is 9.59 Å². The molecule has 3 amide bonds. The first kappa shape index (κ1) is 16.5. The lowest BCUT2D eigenvalue weighted by Crippen LogP contribution is -2.57. The van der Waals surface area contributed by atoms with Crippen LogP contribution in [0.4, 0.5) is 9.93 Å². The zero-order valence-corrected chi connectivity index (χ0v) is 13.8. The first-order chi connectivity index (χ1) is 10.5. The number of nitrogens with zero attached hydrogens (tertiary/aromatic N) is 3. The number of nitrogens with one attached hydrogen (secondary N) is 1. The molecule has 0 saturated carbocycles. The number of piperazine rings is 1. The molecule has 8 heteroatoms. The predicted molar refractivity (Wildman–Crippen MR) is 86.9 cm³/mol. The van der Waals surface area contributed by atoms with Crippen LogP contribution >= 0.6 is 11.3 Å². The maximum absolute atomic E-state index is 12.7. The molecule has 1 aromatic rings. The topological polar surface area (TPSA) is 91.6 Å². The summed E-state index contributed by atoms with van der Waals surface area (Å²) in [6.45, 7) is 6.71. The Morgan fingerprint density at radius 3 is 2.59 bits per heavy atom. The number of primary amides is 1. The first-order valence-electron chi connectivity index (χ1n) is 7.52. The minimum absolute atomic E-state index is 0.0491. The van der Waals surface area contributed by atoms with Gasteiger partial charge in [-0.05, 0) is 5.92 Å². The van der Waals surface area contributed by atoms with Crippen LogP contribution < -0.4 is 16.0 Å². The van der Waals surface area contributed by atoms with Crippen LogP contribution in [0, 0.1) is 5.92 Å². The minimum Gasteiger partial charge on any atom is -0.352 e. The maximum Gasteiger partial charge on any atom is 0.312 e. The molecule has 1 aromatic heterocycles. The lowest BCUT2D eigenvalue weighted by atomic mass is 9.97. The first-order valence-corrected chi connectivity index (χ1v) is 8.40. The number of hydrogen-bond donors (Lipinski definition) is 2. The van der Waals surface area contributed by atoms with Gasteiger partial charge in [0.05, 0.1) is 0 Å². The molecule has 2 heterocycles. The van der Waals surface area contributed by atoms with Crippen molar-refractivity contribution in [3.05, 3.63) is 11.6 Å². The molecule has 122 valence electrons. The van der Waals surface area contributed by atoms with Crippen LogP contribution in [0.15, 0.2) is 11.6 Å². The molecule has 0 spiro atoms. The van der Waals surface area contributed by atoms with E-state index < -0.39 is 12.1 Å². The number of carbonyl (C=O) groups is 2. The Labute approximate surface area is 134 Å². The van der Waals surface area contributed by atoms with E-state index in [2.05, 4.69) is 15.2 Å². The van der Waals surface area contributed by atoms with Crippen LogP contribution in [0.3, 0.4) is 0 Å². The number of thiazole rings is 1. The molecule has 2 rings (SSSR count). The summed E-state index contributed by atoms with van der Waals surface area (Å²) >= 11 is 1.60. The highest BCUT2D eigenvalue weighted by Gasteiger charge is 2.31. The zero-order chi connectivity index (χ0) is 16.1. The Balaban J connectivity index is 1.96. The van der Waals surface area contributed by atoms with Gasteiger partial charge in [0.1, 0.15) is 6.04 Å². The fourth-order valence-electron chi connectivity index (χ4n) is 2.52. The Kier molecular flexibility index (Phi) is 5.59. The molecule has 2 atom stereocenters. The maximum atomic E-state index is 12.7. The molecule has 3 N–H and O–H groups in total. The molecule has 2 unspecified atom stereocenters. The Morgan fingerprint density at radius 1 is 1.41 bits per heavy atom. The monoisotopic (exact) mass is 325 g/mol. The van der Waals surface area contributed by atoms with Crippen molar-refractivity contribution in [1.29, 1.82) is 0 Å². The number of anilines is 1. The SMILES string of the molecule is CCC(C)C(NC(N)=O)C(=O)N1CCN(c2nccs2)CC1. The summed E-state index contributed by atoms with van der Waals surface area (Å²) in [7, 11) is 0. The summed E-state index contributed by atoms with van der Waals surface area (Å²) in [5.74, 6) is 0.00364. The molecule has 0 aliphatic carbocycles. The summed E-state index contributed by atoms with van der Waals surface area (Å²) in [4.78, 5) is 32.1. The number of aromatic nitrogens is 1. The normalized spacial score (nSPS) is 17.9. The van der Waals surface area contributed by atoms with E-state index in [1.165, 1.54) is 0 Å². The van der Waals surface area contributed by atoms with Gasteiger partial charge in [-0.25, -0.2) is 9.78 Å². The van der Waals surface area contributed by atoms with E-state index in [4.69, 9.17) is 5.73 Å². The second-order valence-corrected chi connectivity index (χ2v) is 6.37. The molecule has 22 heavy (non-hydrogen) atoms. The van der Waals surface area contributed by atoms with Gasteiger partial charge < -0.3 is 20.9 Å². The number of rotatable bonds is 5. The average molecular weight is 325 g/mol. The molecule has 0 aromatic carbocycles. The zero-order valence-electron chi connectivity index (χ0n) is 13.0. The highest BCUT2D eigenvalue weighted by Crippen LogP contribution is 2.20. The summed E-state index contributed by atoms with van der Waals surface area (Å²) in [5.41, 5.74) is 5.20. The highest BCUT2D eigenvalue weighted by molar-refractivity contribution is 7.13. The smallest absolute Gasteiger partial charge is 0.312 e. The fourth-order valence-corrected chi connectivity index (χ4v) is 3.22. The predicted octanol–water partition coefficient (Wildman–Crippen LogP) is 0.875. The van der Waals surface area contributed by atoms with Crippen LogP contribution in [0.1, 0.15) is 20.3 Å². The molecule has 1 aliphatic heterocycles.